The molecule has 0 aliphatic carbocycles. The Hall–Kier alpha value is 0.620. The maximum absolute atomic E-state index is 3.70. The predicted molar refractivity (Wildman–Crippen MR) is 72.1 cm³/mol. The molecule has 1 atom stereocenters. The van der Waals surface area contributed by atoms with Gasteiger partial charge in [-0.15, -0.1) is 0 Å². The van der Waals surface area contributed by atoms with Gasteiger partial charge in [-0.25, -0.2) is 0 Å². The van der Waals surface area contributed by atoms with Gasteiger partial charge < -0.3 is 10.2 Å². The molecule has 0 spiro atoms. The van der Waals surface area contributed by atoms with Crippen LogP contribution in [0.1, 0.15) is 12.8 Å². The predicted octanol–water partition coefficient (Wildman–Crippen LogP) is 1.52. The molecule has 0 aromatic rings. The van der Waals surface area contributed by atoms with E-state index in [1.165, 1.54) is 62.0 Å². The van der Waals surface area contributed by atoms with Gasteiger partial charge in [0.25, 0.3) is 0 Å². The van der Waals surface area contributed by atoms with Crippen LogP contribution in [0, 0.1) is 0 Å². The summed E-state index contributed by atoms with van der Waals surface area (Å²) in [5, 5.41) is 3.70. The molecule has 0 amide bonds. The summed E-state index contributed by atoms with van der Waals surface area (Å²) < 4.78 is 0. The van der Waals surface area contributed by atoms with Crippen molar-refractivity contribution in [2.75, 3.05) is 49.2 Å². The maximum Gasteiger partial charge on any atom is 0.0159 e. The smallest absolute Gasteiger partial charge is 0.0159 e. The number of hydrogen-bond acceptors (Lipinski definition) is 4. The average molecular weight is 246 g/mol. The van der Waals surface area contributed by atoms with E-state index in [2.05, 4.69) is 33.7 Å². The van der Waals surface area contributed by atoms with Gasteiger partial charge in [-0.05, 0) is 18.6 Å². The first-order valence-electron chi connectivity index (χ1n) is 6.06. The van der Waals surface area contributed by atoms with E-state index >= 15 is 0 Å². The Bertz CT molecular complexity index is 148. The van der Waals surface area contributed by atoms with Gasteiger partial charge in [-0.3, -0.25) is 0 Å². The van der Waals surface area contributed by atoms with Crippen LogP contribution in [-0.2, 0) is 0 Å². The summed E-state index contributed by atoms with van der Waals surface area (Å²) in [4.78, 5) is 2.60. The van der Waals surface area contributed by atoms with Crippen LogP contribution in [-0.4, -0.2) is 60.1 Å². The fourth-order valence-corrected chi connectivity index (χ4v) is 4.24. The van der Waals surface area contributed by atoms with Crippen molar-refractivity contribution in [2.24, 2.45) is 0 Å². The molecular formula is C11H22N2S2. The molecule has 2 heterocycles. The van der Waals surface area contributed by atoms with E-state index in [1.807, 2.05) is 0 Å². The van der Waals surface area contributed by atoms with Gasteiger partial charge in [0.15, 0.2) is 0 Å². The summed E-state index contributed by atoms with van der Waals surface area (Å²) in [5.74, 6) is 5.37. The molecule has 1 N–H and O–H groups in total. The molecule has 0 bridgehead atoms. The largest absolute Gasteiger partial charge is 0.312 e. The summed E-state index contributed by atoms with van der Waals surface area (Å²) in [6, 6.07) is 0.794. The number of thioether (sulfide) groups is 2. The molecule has 2 aliphatic heterocycles. The highest BCUT2D eigenvalue weighted by Gasteiger charge is 2.14. The molecule has 2 rings (SSSR count). The molecule has 4 heteroatoms. The molecular weight excluding hydrogens is 224 g/mol. The molecule has 0 radical (unpaired) electrons. The van der Waals surface area contributed by atoms with Crippen LogP contribution in [0.25, 0.3) is 0 Å². The number of nitrogens with one attached hydrogen (secondary N) is 1. The van der Waals surface area contributed by atoms with Gasteiger partial charge in [0, 0.05) is 49.5 Å². The van der Waals surface area contributed by atoms with Crippen molar-refractivity contribution >= 4 is 23.5 Å². The van der Waals surface area contributed by atoms with Crippen LogP contribution >= 0.6 is 23.5 Å². The van der Waals surface area contributed by atoms with Gasteiger partial charge >= 0.3 is 0 Å². The minimum absolute atomic E-state index is 0.794. The molecule has 15 heavy (non-hydrogen) atoms. The lowest BCUT2D eigenvalue weighted by atomic mass is 10.2. The van der Waals surface area contributed by atoms with Crippen molar-refractivity contribution in [1.82, 2.24) is 10.2 Å². The number of rotatable bonds is 4. The average Bonchev–Trinajstić information content (AvgIpc) is 2.32. The van der Waals surface area contributed by atoms with E-state index in [-0.39, 0.29) is 0 Å². The van der Waals surface area contributed by atoms with Crippen molar-refractivity contribution in [3.05, 3.63) is 0 Å². The summed E-state index contributed by atoms with van der Waals surface area (Å²) in [6.07, 6.45) is 2.80. The van der Waals surface area contributed by atoms with Gasteiger partial charge in [0.05, 0.1) is 0 Å². The molecule has 2 nitrogen and oxygen atoms in total. The van der Waals surface area contributed by atoms with Crippen LogP contribution in [0.15, 0.2) is 0 Å². The first-order chi connectivity index (χ1) is 7.45. The van der Waals surface area contributed by atoms with Crippen LogP contribution < -0.4 is 5.32 Å². The molecule has 2 fully saturated rings. The van der Waals surface area contributed by atoms with Gasteiger partial charge in [-0.1, -0.05) is 0 Å². The molecule has 2 aliphatic rings. The molecule has 88 valence electrons. The molecule has 0 aromatic carbocycles. The van der Waals surface area contributed by atoms with Crippen LogP contribution in [0.5, 0.6) is 0 Å². The fourth-order valence-electron chi connectivity index (χ4n) is 2.15. The lowest BCUT2D eigenvalue weighted by molar-refractivity contribution is 0.295. The zero-order chi connectivity index (χ0) is 10.3. The van der Waals surface area contributed by atoms with Crippen LogP contribution in [0.4, 0.5) is 0 Å². The monoisotopic (exact) mass is 246 g/mol. The van der Waals surface area contributed by atoms with Crippen molar-refractivity contribution in [3.63, 3.8) is 0 Å². The van der Waals surface area contributed by atoms with E-state index in [9.17, 15) is 0 Å². The Morgan fingerprint density at radius 3 is 2.73 bits per heavy atom. The highest BCUT2D eigenvalue weighted by molar-refractivity contribution is 7.99. The Balaban J connectivity index is 1.53. The van der Waals surface area contributed by atoms with Crippen molar-refractivity contribution in [3.8, 4) is 0 Å². The van der Waals surface area contributed by atoms with Crippen LogP contribution in [0.2, 0.25) is 0 Å². The van der Waals surface area contributed by atoms with Crippen molar-refractivity contribution < 1.29 is 0 Å². The zero-order valence-corrected chi connectivity index (χ0v) is 11.0. The Morgan fingerprint density at radius 2 is 2.00 bits per heavy atom. The lowest BCUT2D eigenvalue weighted by Gasteiger charge is -2.28. The molecule has 1 unspecified atom stereocenters. The highest BCUT2D eigenvalue weighted by atomic mass is 32.2. The van der Waals surface area contributed by atoms with Gasteiger partial charge in [0.1, 0.15) is 0 Å². The van der Waals surface area contributed by atoms with E-state index in [4.69, 9.17) is 0 Å². The summed E-state index contributed by atoms with van der Waals surface area (Å²) >= 11 is 4.20. The minimum Gasteiger partial charge on any atom is -0.312 e. The first-order valence-corrected chi connectivity index (χ1v) is 8.37. The fraction of sp³-hybridized carbons (Fsp3) is 1.00. The van der Waals surface area contributed by atoms with Crippen molar-refractivity contribution in [2.45, 2.75) is 18.9 Å². The first kappa shape index (κ1) is 12.1. The SMILES string of the molecule is C1CSCC(NCCN2CCSCC2)C1. The third-order valence-corrected chi connectivity index (χ3v) is 5.28. The number of nitrogens with zero attached hydrogens (tertiary/aromatic N) is 1. The summed E-state index contributed by atoms with van der Waals surface area (Å²) in [5.41, 5.74) is 0. The minimum atomic E-state index is 0.794. The Labute approximate surface area is 102 Å². The summed E-state index contributed by atoms with van der Waals surface area (Å²) in [7, 11) is 0. The highest BCUT2D eigenvalue weighted by Crippen LogP contribution is 2.16. The second-order valence-electron chi connectivity index (χ2n) is 4.32. The van der Waals surface area contributed by atoms with Crippen LogP contribution in [0.3, 0.4) is 0 Å². The zero-order valence-electron chi connectivity index (χ0n) is 9.41. The molecule has 2 saturated heterocycles. The van der Waals surface area contributed by atoms with E-state index in [1.54, 1.807) is 0 Å². The topological polar surface area (TPSA) is 15.3 Å². The third kappa shape index (κ3) is 4.55. The van der Waals surface area contributed by atoms with Gasteiger partial charge in [-0.2, -0.15) is 23.5 Å². The molecule has 0 aromatic heterocycles. The normalized spacial score (nSPS) is 29.2. The van der Waals surface area contributed by atoms with E-state index < -0.39 is 0 Å². The van der Waals surface area contributed by atoms with E-state index in [0.29, 0.717) is 0 Å². The number of hydrogen-bond donors (Lipinski definition) is 1. The van der Waals surface area contributed by atoms with Gasteiger partial charge in [0.2, 0.25) is 0 Å². The Kier molecular flexibility index (Phi) is 5.68. The maximum atomic E-state index is 3.70. The quantitative estimate of drug-likeness (QED) is 0.809. The second kappa shape index (κ2) is 7.05. The van der Waals surface area contributed by atoms with Crippen molar-refractivity contribution in [1.29, 1.82) is 0 Å². The third-order valence-electron chi connectivity index (χ3n) is 3.13. The second-order valence-corrected chi connectivity index (χ2v) is 6.70. The molecule has 0 saturated carbocycles. The standard InChI is InChI=1S/C11H22N2S2/c1-2-11(10-15-7-1)12-3-4-13-5-8-14-9-6-13/h11-12H,1-10H2. The lowest BCUT2D eigenvalue weighted by Crippen LogP contribution is -2.42. The summed E-state index contributed by atoms with van der Waals surface area (Å²) in [6.45, 7) is 5.04. The van der Waals surface area contributed by atoms with E-state index in [0.717, 1.165) is 6.04 Å². The Morgan fingerprint density at radius 1 is 1.13 bits per heavy atom.